The maximum atomic E-state index is 12.7. The van der Waals surface area contributed by atoms with Crippen LogP contribution in [0.2, 0.25) is 0 Å². The maximum Gasteiger partial charge on any atom is 0.490 e. The zero-order chi connectivity index (χ0) is 25.8. The van der Waals surface area contributed by atoms with Crippen molar-refractivity contribution in [1.29, 1.82) is 0 Å². The smallest absolute Gasteiger partial charge is 0.475 e. The van der Waals surface area contributed by atoms with E-state index in [9.17, 15) is 22.8 Å². The molecule has 13 heteroatoms. The van der Waals surface area contributed by atoms with Crippen LogP contribution in [0.3, 0.4) is 0 Å². The Balaban J connectivity index is 0.000000429. The Morgan fingerprint density at radius 2 is 1.97 bits per heavy atom. The van der Waals surface area contributed by atoms with Crippen LogP contribution in [0.4, 0.5) is 13.2 Å². The minimum Gasteiger partial charge on any atom is -0.475 e. The number of carbonyl (C=O) groups is 3. The molecule has 1 saturated heterocycles. The van der Waals surface area contributed by atoms with Crippen LogP contribution in [-0.4, -0.2) is 69.3 Å². The molecule has 9 nitrogen and oxygen atoms in total. The number of aliphatic carboxylic acids is 1. The predicted octanol–water partition coefficient (Wildman–Crippen LogP) is 2.88. The molecule has 2 aromatic rings. The number of carboxylic acids is 1. The van der Waals surface area contributed by atoms with Gasteiger partial charge in [0.1, 0.15) is 11.4 Å². The van der Waals surface area contributed by atoms with Gasteiger partial charge in [0.25, 0.3) is 11.8 Å². The van der Waals surface area contributed by atoms with Gasteiger partial charge in [-0.25, -0.2) is 9.78 Å². The molecule has 2 aliphatic rings. The molecule has 0 aliphatic carbocycles. The van der Waals surface area contributed by atoms with Crippen LogP contribution >= 0.6 is 11.3 Å². The summed E-state index contributed by atoms with van der Waals surface area (Å²) in [5.41, 5.74) is -0.617. The van der Waals surface area contributed by atoms with Crippen molar-refractivity contribution in [3.63, 3.8) is 0 Å². The van der Waals surface area contributed by atoms with E-state index in [0.717, 1.165) is 10.7 Å². The lowest BCUT2D eigenvalue weighted by molar-refractivity contribution is -0.192. The monoisotopic (exact) mass is 516 g/mol. The number of hydrogen-bond donors (Lipinski definition) is 2. The number of nitrogens with one attached hydrogen (secondary N) is 1. The summed E-state index contributed by atoms with van der Waals surface area (Å²) in [6.45, 7) is 6.41. The minimum absolute atomic E-state index is 0.0650. The summed E-state index contributed by atoms with van der Waals surface area (Å²) in [5, 5.41) is 12.0. The van der Waals surface area contributed by atoms with Crippen molar-refractivity contribution in [3.05, 3.63) is 40.6 Å². The first-order chi connectivity index (χ1) is 16.4. The number of likely N-dealkylation sites (tertiary alicyclic amines) is 1. The molecule has 0 bridgehead atoms. The highest BCUT2D eigenvalue weighted by atomic mass is 32.1. The highest BCUT2D eigenvalue weighted by Crippen LogP contribution is 2.40. The maximum absolute atomic E-state index is 12.7. The minimum atomic E-state index is -5.08. The number of rotatable bonds is 4. The Morgan fingerprint density at radius 1 is 1.31 bits per heavy atom. The van der Waals surface area contributed by atoms with Gasteiger partial charge in [0.05, 0.1) is 11.4 Å². The lowest BCUT2D eigenvalue weighted by Gasteiger charge is -2.45. The fourth-order valence-electron chi connectivity index (χ4n) is 3.92. The van der Waals surface area contributed by atoms with E-state index >= 15 is 0 Å². The molecule has 4 heterocycles. The quantitative estimate of drug-likeness (QED) is 0.646. The second kappa shape index (κ2) is 10.8. The topological polar surface area (TPSA) is 114 Å². The van der Waals surface area contributed by atoms with E-state index in [0.29, 0.717) is 44.9 Å². The number of hydrogen-bond acceptors (Lipinski definition) is 6. The number of thiophene rings is 1. The summed E-state index contributed by atoms with van der Waals surface area (Å²) in [7, 11) is 0. The zero-order valence-corrected chi connectivity index (χ0v) is 20.1. The van der Waals surface area contributed by atoms with Gasteiger partial charge in [-0.2, -0.15) is 13.2 Å². The van der Waals surface area contributed by atoms with Crippen LogP contribution < -0.4 is 5.32 Å². The molecule has 2 amide bonds. The van der Waals surface area contributed by atoms with Gasteiger partial charge >= 0.3 is 12.1 Å². The number of halogens is 3. The molecule has 192 valence electrons. The van der Waals surface area contributed by atoms with Gasteiger partial charge in [-0.3, -0.25) is 9.59 Å². The third-order valence-corrected chi connectivity index (χ3v) is 6.52. The summed E-state index contributed by atoms with van der Waals surface area (Å²) in [6.07, 6.45) is -0.687. The Morgan fingerprint density at radius 3 is 2.51 bits per heavy atom. The molecular weight excluding hydrogens is 489 g/mol. The van der Waals surface area contributed by atoms with E-state index in [1.54, 1.807) is 6.20 Å². The first-order valence-electron chi connectivity index (χ1n) is 11.0. The number of carboxylic acid groups (broad SMARTS) is 1. The molecule has 0 saturated carbocycles. The number of aromatic nitrogens is 2. The molecule has 1 fully saturated rings. The molecule has 2 aromatic heterocycles. The summed E-state index contributed by atoms with van der Waals surface area (Å²) < 4.78 is 40.1. The van der Waals surface area contributed by atoms with E-state index < -0.39 is 23.9 Å². The van der Waals surface area contributed by atoms with Crippen molar-refractivity contribution in [2.24, 2.45) is 5.92 Å². The summed E-state index contributed by atoms with van der Waals surface area (Å²) in [5.74, 6) is -1.52. The molecule has 0 aromatic carbocycles. The summed E-state index contributed by atoms with van der Waals surface area (Å²) >= 11 is 1.46. The fourth-order valence-corrected chi connectivity index (χ4v) is 4.61. The molecular formula is C22H27F3N4O5S. The second-order valence-electron chi connectivity index (χ2n) is 8.72. The van der Waals surface area contributed by atoms with E-state index in [1.165, 1.54) is 11.3 Å². The number of amides is 2. The molecule has 4 rings (SSSR count). The van der Waals surface area contributed by atoms with E-state index in [2.05, 4.69) is 24.1 Å². The van der Waals surface area contributed by atoms with Gasteiger partial charge < -0.3 is 24.6 Å². The summed E-state index contributed by atoms with van der Waals surface area (Å²) in [6, 6.07) is 3.75. The van der Waals surface area contributed by atoms with Crippen molar-refractivity contribution >= 4 is 29.1 Å². The van der Waals surface area contributed by atoms with Crippen LogP contribution in [0.25, 0.3) is 0 Å². The van der Waals surface area contributed by atoms with E-state index in [-0.39, 0.29) is 11.8 Å². The average molecular weight is 517 g/mol. The van der Waals surface area contributed by atoms with Gasteiger partial charge in [-0.05, 0) is 17.4 Å². The normalized spacial score (nSPS) is 19.0. The van der Waals surface area contributed by atoms with Gasteiger partial charge in [0.2, 0.25) is 0 Å². The first kappa shape index (κ1) is 26.7. The number of ether oxygens (including phenoxy) is 1. The average Bonchev–Trinajstić information content (AvgIpc) is 3.50. The van der Waals surface area contributed by atoms with Crippen molar-refractivity contribution in [2.45, 2.75) is 51.1 Å². The molecule has 2 N–H and O–H groups in total. The fraction of sp³-hybridized carbons (Fsp3) is 0.545. The van der Waals surface area contributed by atoms with E-state index in [1.807, 2.05) is 33.2 Å². The lowest BCUT2D eigenvalue weighted by atomic mass is 9.88. The molecule has 2 aliphatic heterocycles. The Labute approximate surface area is 203 Å². The van der Waals surface area contributed by atoms with Crippen LogP contribution in [0.15, 0.2) is 29.9 Å². The van der Waals surface area contributed by atoms with Crippen LogP contribution in [-0.2, 0) is 26.5 Å². The van der Waals surface area contributed by atoms with Crippen molar-refractivity contribution in [1.82, 2.24) is 19.8 Å². The van der Waals surface area contributed by atoms with Crippen molar-refractivity contribution in [3.8, 4) is 0 Å². The van der Waals surface area contributed by atoms with Crippen LogP contribution in [0.1, 0.15) is 42.2 Å². The van der Waals surface area contributed by atoms with Crippen molar-refractivity contribution in [2.75, 3.05) is 19.6 Å². The molecule has 1 spiro atoms. The highest BCUT2D eigenvalue weighted by molar-refractivity contribution is 7.12. The van der Waals surface area contributed by atoms with Gasteiger partial charge in [0.15, 0.2) is 6.10 Å². The Hall–Kier alpha value is -2.93. The largest absolute Gasteiger partial charge is 0.490 e. The summed E-state index contributed by atoms with van der Waals surface area (Å²) in [4.78, 5) is 41.4. The van der Waals surface area contributed by atoms with Gasteiger partial charge in [-0.1, -0.05) is 19.9 Å². The number of nitrogens with zero attached hydrogens (tertiary/aromatic N) is 3. The number of fused-ring (bicyclic) bond motifs is 2. The van der Waals surface area contributed by atoms with Crippen LogP contribution in [0.5, 0.6) is 0 Å². The highest BCUT2D eigenvalue weighted by Gasteiger charge is 2.47. The predicted molar refractivity (Wildman–Crippen MR) is 120 cm³/mol. The zero-order valence-electron chi connectivity index (χ0n) is 19.2. The number of alkyl halides is 3. The second-order valence-corrected chi connectivity index (χ2v) is 9.66. The molecule has 1 unspecified atom stereocenters. The molecule has 1 atom stereocenters. The van der Waals surface area contributed by atoms with E-state index in [4.69, 9.17) is 14.6 Å². The lowest BCUT2D eigenvalue weighted by Crippen LogP contribution is -2.54. The van der Waals surface area contributed by atoms with Gasteiger partial charge in [-0.15, -0.1) is 11.3 Å². The standard InChI is InChI=1S/C20H26N4O3S.C2HF3O2/c1-14(2)12-22-17(25)15-13-24-10-7-21-19(24)20(27-15)5-8-23(9-6-20)18(26)16-4-3-11-28-16;3-2(4,5)1(6)7/h3-4,7,10-11,14-15H,5-6,8-9,12-13H2,1-2H3,(H,22,25);(H,6,7). The van der Waals surface area contributed by atoms with Crippen molar-refractivity contribution < 1.29 is 37.4 Å². The third kappa shape index (κ3) is 6.40. The molecule has 0 radical (unpaired) electrons. The number of imidazole rings is 1. The molecule has 35 heavy (non-hydrogen) atoms. The Bertz CT molecular complexity index is 1030. The van der Waals surface area contributed by atoms with Crippen LogP contribution in [0, 0.1) is 5.92 Å². The number of carbonyl (C=O) groups excluding carboxylic acids is 2. The number of piperidine rings is 1. The van der Waals surface area contributed by atoms with Gasteiger partial charge in [0, 0.05) is 44.9 Å². The first-order valence-corrected chi connectivity index (χ1v) is 11.9. The third-order valence-electron chi connectivity index (χ3n) is 5.66. The Kier molecular flexibility index (Phi) is 8.21. The SMILES string of the molecule is CC(C)CNC(=O)C1Cn2ccnc2C2(CCN(C(=O)c3cccs3)CC2)O1.O=C(O)C(F)(F)F.